The van der Waals surface area contributed by atoms with Gasteiger partial charge in [0.25, 0.3) is 0 Å². The first-order chi connectivity index (χ1) is 6.40. The van der Waals surface area contributed by atoms with E-state index in [0.717, 1.165) is 6.42 Å². The van der Waals surface area contributed by atoms with E-state index in [4.69, 9.17) is 0 Å². The molecule has 0 heterocycles. The van der Waals surface area contributed by atoms with E-state index in [1.54, 1.807) is 0 Å². The van der Waals surface area contributed by atoms with E-state index < -0.39 is 0 Å². The quantitative estimate of drug-likeness (QED) is 0.694. The Morgan fingerprint density at radius 1 is 1.57 bits per heavy atom. The largest absolute Gasteiger partial charge is 0.511 e. The number of carbonyl (C=O) groups excluding carboxylic acids is 1. The summed E-state index contributed by atoms with van der Waals surface area (Å²) in [5, 5.41) is 9.94. The first-order valence-electron chi connectivity index (χ1n) is 4.98. The minimum Gasteiger partial charge on any atom is -0.511 e. The van der Waals surface area contributed by atoms with Crippen molar-refractivity contribution < 1.29 is 9.90 Å². The third-order valence-corrected chi connectivity index (χ3v) is 3.07. The van der Waals surface area contributed by atoms with Crippen molar-refractivity contribution in [2.24, 2.45) is 11.3 Å². The van der Waals surface area contributed by atoms with Gasteiger partial charge in [-0.15, -0.1) is 0 Å². The van der Waals surface area contributed by atoms with E-state index >= 15 is 0 Å². The van der Waals surface area contributed by atoms with Crippen molar-refractivity contribution in [2.75, 3.05) is 5.75 Å². The van der Waals surface area contributed by atoms with Gasteiger partial charge in [-0.2, -0.15) is 12.6 Å². The first kappa shape index (κ1) is 11.6. The predicted octanol–water partition coefficient (Wildman–Crippen LogP) is 2.75. The van der Waals surface area contributed by atoms with E-state index in [-0.39, 0.29) is 22.9 Å². The van der Waals surface area contributed by atoms with Gasteiger partial charge in [-0.1, -0.05) is 20.8 Å². The van der Waals surface area contributed by atoms with Gasteiger partial charge in [-0.25, -0.2) is 0 Å². The Morgan fingerprint density at radius 3 is 2.64 bits per heavy atom. The van der Waals surface area contributed by atoms with Gasteiger partial charge in [-0.05, 0) is 18.6 Å². The average molecular weight is 214 g/mol. The lowest BCUT2D eigenvalue weighted by molar-refractivity contribution is -0.121. The van der Waals surface area contributed by atoms with Crippen LogP contribution in [0, 0.1) is 11.3 Å². The van der Waals surface area contributed by atoms with Crippen LogP contribution in [0.1, 0.15) is 33.6 Å². The molecule has 80 valence electrons. The van der Waals surface area contributed by atoms with Gasteiger partial charge in [-0.3, -0.25) is 4.79 Å². The summed E-state index contributed by atoms with van der Waals surface area (Å²) in [6.07, 6.45) is 1.30. The van der Waals surface area contributed by atoms with E-state index in [2.05, 4.69) is 12.6 Å². The van der Waals surface area contributed by atoms with Crippen LogP contribution in [0.15, 0.2) is 11.3 Å². The van der Waals surface area contributed by atoms with Gasteiger partial charge >= 0.3 is 0 Å². The molecule has 2 nitrogen and oxygen atoms in total. The zero-order valence-corrected chi connectivity index (χ0v) is 9.90. The van der Waals surface area contributed by atoms with Crippen molar-refractivity contribution in [3.63, 3.8) is 0 Å². The number of ketones is 1. The standard InChI is InChI=1S/C11H18O2S/c1-7-6-11(2,3)10(13)8(4-5-14)9(7)12/h7,13-14H,4-6H2,1-3H3. The number of aliphatic hydroxyl groups excluding tert-OH is 1. The minimum absolute atomic E-state index is 0.0239. The Bertz CT molecular complexity index is 279. The average Bonchev–Trinajstić information content (AvgIpc) is 2.09. The summed E-state index contributed by atoms with van der Waals surface area (Å²) >= 11 is 4.10. The fourth-order valence-electron chi connectivity index (χ4n) is 2.13. The molecule has 0 fully saturated rings. The Balaban J connectivity index is 3.09. The van der Waals surface area contributed by atoms with Crippen molar-refractivity contribution in [2.45, 2.75) is 33.6 Å². The van der Waals surface area contributed by atoms with Crippen LogP contribution < -0.4 is 0 Å². The number of hydrogen-bond donors (Lipinski definition) is 2. The summed E-state index contributed by atoms with van der Waals surface area (Å²) in [6.45, 7) is 5.88. The Labute approximate surface area is 90.8 Å². The van der Waals surface area contributed by atoms with Crippen molar-refractivity contribution in [1.29, 1.82) is 0 Å². The molecule has 0 aromatic heterocycles. The summed E-state index contributed by atoms with van der Waals surface area (Å²) in [4.78, 5) is 11.8. The number of thiol groups is 1. The molecule has 14 heavy (non-hydrogen) atoms. The molecule has 0 amide bonds. The van der Waals surface area contributed by atoms with Gasteiger partial charge in [0, 0.05) is 16.9 Å². The van der Waals surface area contributed by atoms with Gasteiger partial charge < -0.3 is 5.11 Å². The van der Waals surface area contributed by atoms with Crippen LogP contribution in [0.25, 0.3) is 0 Å². The van der Waals surface area contributed by atoms with Crippen molar-refractivity contribution in [3.05, 3.63) is 11.3 Å². The fraction of sp³-hybridized carbons (Fsp3) is 0.727. The molecule has 1 rings (SSSR count). The summed E-state index contributed by atoms with van der Waals surface area (Å²) in [6, 6.07) is 0. The van der Waals surface area contributed by atoms with E-state index in [1.165, 1.54) is 0 Å². The van der Waals surface area contributed by atoms with Crippen LogP contribution in [0.4, 0.5) is 0 Å². The number of allylic oxidation sites excluding steroid dienone is 2. The Morgan fingerprint density at radius 2 is 2.14 bits per heavy atom. The highest BCUT2D eigenvalue weighted by Crippen LogP contribution is 2.40. The van der Waals surface area contributed by atoms with Crippen LogP contribution >= 0.6 is 12.6 Å². The second-order valence-corrected chi connectivity index (χ2v) is 5.10. The van der Waals surface area contributed by atoms with Crippen LogP contribution in [-0.2, 0) is 4.79 Å². The summed E-state index contributed by atoms with van der Waals surface area (Å²) in [7, 11) is 0. The lowest BCUT2D eigenvalue weighted by Crippen LogP contribution is -2.32. The molecule has 1 unspecified atom stereocenters. The Hall–Kier alpha value is -0.440. The van der Waals surface area contributed by atoms with E-state index in [0.29, 0.717) is 17.7 Å². The van der Waals surface area contributed by atoms with Crippen molar-refractivity contribution in [3.8, 4) is 0 Å². The molecule has 0 spiro atoms. The van der Waals surface area contributed by atoms with Gasteiger partial charge in [0.15, 0.2) is 5.78 Å². The molecule has 1 atom stereocenters. The predicted molar refractivity (Wildman–Crippen MR) is 60.7 cm³/mol. The summed E-state index contributed by atoms with van der Waals surface area (Å²) in [5.74, 6) is 0.995. The number of hydrogen-bond acceptors (Lipinski definition) is 3. The zero-order valence-electron chi connectivity index (χ0n) is 9.00. The van der Waals surface area contributed by atoms with Crippen LogP contribution in [0.2, 0.25) is 0 Å². The second kappa shape index (κ2) is 3.97. The molecule has 0 aromatic carbocycles. The third kappa shape index (κ3) is 1.97. The zero-order chi connectivity index (χ0) is 10.9. The molecule has 3 heteroatoms. The van der Waals surface area contributed by atoms with E-state index in [9.17, 15) is 9.90 Å². The normalized spacial score (nSPS) is 26.9. The highest BCUT2D eigenvalue weighted by molar-refractivity contribution is 7.80. The molecule has 0 aromatic rings. The Kier molecular flexibility index (Phi) is 3.30. The van der Waals surface area contributed by atoms with Crippen LogP contribution in [0.3, 0.4) is 0 Å². The maximum atomic E-state index is 11.8. The van der Waals surface area contributed by atoms with Crippen LogP contribution in [-0.4, -0.2) is 16.6 Å². The maximum absolute atomic E-state index is 11.8. The molecule has 1 aliphatic carbocycles. The van der Waals surface area contributed by atoms with Gasteiger partial charge in [0.2, 0.25) is 0 Å². The van der Waals surface area contributed by atoms with Crippen LogP contribution in [0.5, 0.6) is 0 Å². The number of carbonyl (C=O) groups is 1. The summed E-state index contributed by atoms with van der Waals surface area (Å²) in [5.41, 5.74) is 0.328. The molecular formula is C11H18O2S. The molecule has 0 saturated carbocycles. The smallest absolute Gasteiger partial charge is 0.165 e. The summed E-state index contributed by atoms with van der Waals surface area (Å²) < 4.78 is 0. The molecule has 1 N–H and O–H groups in total. The number of rotatable bonds is 2. The molecule has 0 radical (unpaired) electrons. The lowest BCUT2D eigenvalue weighted by Gasteiger charge is -2.33. The monoisotopic (exact) mass is 214 g/mol. The lowest BCUT2D eigenvalue weighted by atomic mass is 9.72. The minimum atomic E-state index is -0.258. The molecule has 1 aliphatic rings. The fourth-order valence-corrected chi connectivity index (χ4v) is 2.35. The van der Waals surface area contributed by atoms with Crippen molar-refractivity contribution >= 4 is 18.4 Å². The first-order valence-corrected chi connectivity index (χ1v) is 5.61. The second-order valence-electron chi connectivity index (χ2n) is 4.65. The number of Topliss-reactive ketones (excluding diaryl/α,β-unsaturated/α-hetero) is 1. The molecule has 0 aliphatic heterocycles. The SMILES string of the molecule is CC1CC(C)(C)C(O)=C(CCS)C1=O. The highest BCUT2D eigenvalue weighted by atomic mass is 32.1. The van der Waals surface area contributed by atoms with Gasteiger partial charge in [0.05, 0.1) is 0 Å². The molecule has 0 saturated heterocycles. The molecular weight excluding hydrogens is 196 g/mol. The molecule has 0 bridgehead atoms. The third-order valence-electron chi connectivity index (χ3n) is 2.85. The van der Waals surface area contributed by atoms with Crippen molar-refractivity contribution in [1.82, 2.24) is 0 Å². The maximum Gasteiger partial charge on any atom is 0.165 e. The topological polar surface area (TPSA) is 37.3 Å². The van der Waals surface area contributed by atoms with Gasteiger partial charge in [0.1, 0.15) is 5.76 Å². The number of aliphatic hydroxyl groups is 1. The van der Waals surface area contributed by atoms with E-state index in [1.807, 2.05) is 20.8 Å². The highest BCUT2D eigenvalue weighted by Gasteiger charge is 2.37.